The quantitative estimate of drug-likeness (QED) is 0.792. The maximum absolute atomic E-state index is 12.5. The summed E-state index contributed by atoms with van der Waals surface area (Å²) in [5.74, 6) is 1.48. The summed E-state index contributed by atoms with van der Waals surface area (Å²) in [5, 5.41) is 3.16. The first-order valence-corrected chi connectivity index (χ1v) is 9.85. The summed E-state index contributed by atoms with van der Waals surface area (Å²) in [7, 11) is 3.28. The second-order valence-electron chi connectivity index (χ2n) is 7.43. The van der Waals surface area contributed by atoms with Crippen molar-refractivity contribution < 1.29 is 23.7 Å². The van der Waals surface area contributed by atoms with Gasteiger partial charge < -0.3 is 24.3 Å². The number of rotatable bonds is 7. The molecule has 0 spiro atoms. The van der Waals surface area contributed by atoms with Gasteiger partial charge in [-0.15, -0.1) is 0 Å². The second-order valence-corrected chi connectivity index (χ2v) is 7.43. The molecule has 3 rings (SSSR count). The van der Waals surface area contributed by atoms with Gasteiger partial charge in [0, 0.05) is 31.8 Å². The SMILES string of the molecule is COc1ccc(C2(CNC(=O)CC3CCCCO3)CCOCC2)cc1OC. The molecule has 6 nitrogen and oxygen atoms in total. The van der Waals surface area contributed by atoms with Gasteiger partial charge in [-0.25, -0.2) is 0 Å². The van der Waals surface area contributed by atoms with Gasteiger partial charge >= 0.3 is 0 Å². The molecule has 0 radical (unpaired) electrons. The lowest BCUT2D eigenvalue weighted by atomic mass is 9.74. The van der Waals surface area contributed by atoms with Crippen LogP contribution in [0.4, 0.5) is 0 Å². The van der Waals surface area contributed by atoms with Gasteiger partial charge in [-0.05, 0) is 49.8 Å². The number of benzene rings is 1. The van der Waals surface area contributed by atoms with Crippen LogP contribution in [0.5, 0.6) is 11.5 Å². The number of ether oxygens (including phenoxy) is 4. The Hall–Kier alpha value is -1.79. The largest absolute Gasteiger partial charge is 0.493 e. The average Bonchev–Trinajstić information content (AvgIpc) is 2.73. The molecule has 27 heavy (non-hydrogen) atoms. The Labute approximate surface area is 161 Å². The van der Waals surface area contributed by atoms with Gasteiger partial charge in [0.25, 0.3) is 0 Å². The van der Waals surface area contributed by atoms with E-state index in [1.165, 1.54) is 0 Å². The molecule has 0 aliphatic carbocycles. The molecule has 0 saturated carbocycles. The minimum Gasteiger partial charge on any atom is -0.493 e. The normalized spacial score (nSPS) is 22.1. The van der Waals surface area contributed by atoms with Crippen molar-refractivity contribution in [1.29, 1.82) is 0 Å². The zero-order valence-electron chi connectivity index (χ0n) is 16.4. The van der Waals surface area contributed by atoms with Gasteiger partial charge in [0.05, 0.1) is 26.7 Å². The van der Waals surface area contributed by atoms with E-state index in [1.54, 1.807) is 14.2 Å². The van der Waals surface area contributed by atoms with Crippen molar-refractivity contribution in [2.45, 2.75) is 50.0 Å². The molecule has 2 aliphatic rings. The fourth-order valence-electron chi connectivity index (χ4n) is 4.01. The van der Waals surface area contributed by atoms with Gasteiger partial charge in [-0.1, -0.05) is 6.07 Å². The molecular weight excluding hydrogens is 346 g/mol. The van der Waals surface area contributed by atoms with Crippen molar-refractivity contribution in [2.24, 2.45) is 0 Å². The summed E-state index contributed by atoms with van der Waals surface area (Å²) < 4.78 is 22.1. The molecule has 0 bridgehead atoms. The Bertz CT molecular complexity index is 621. The first-order chi connectivity index (χ1) is 13.2. The number of amides is 1. The first-order valence-electron chi connectivity index (χ1n) is 9.85. The smallest absolute Gasteiger partial charge is 0.222 e. The highest BCUT2D eigenvalue weighted by molar-refractivity contribution is 5.76. The molecule has 1 amide bonds. The van der Waals surface area contributed by atoms with E-state index >= 15 is 0 Å². The van der Waals surface area contributed by atoms with Crippen molar-refractivity contribution in [3.63, 3.8) is 0 Å². The maximum atomic E-state index is 12.5. The van der Waals surface area contributed by atoms with Crippen molar-refractivity contribution in [2.75, 3.05) is 40.6 Å². The molecule has 2 fully saturated rings. The Morgan fingerprint density at radius 3 is 2.59 bits per heavy atom. The number of methoxy groups -OCH3 is 2. The number of hydrogen-bond donors (Lipinski definition) is 1. The molecule has 2 saturated heterocycles. The molecule has 0 aromatic heterocycles. The average molecular weight is 377 g/mol. The fraction of sp³-hybridized carbons (Fsp3) is 0.667. The first kappa shape index (κ1) is 20.0. The summed E-state index contributed by atoms with van der Waals surface area (Å²) in [5.41, 5.74) is 0.999. The molecule has 1 aromatic carbocycles. The highest BCUT2D eigenvalue weighted by atomic mass is 16.5. The lowest BCUT2D eigenvalue weighted by Gasteiger charge is -2.38. The molecule has 1 aromatic rings. The van der Waals surface area contributed by atoms with E-state index in [9.17, 15) is 4.79 Å². The highest BCUT2D eigenvalue weighted by Gasteiger charge is 2.35. The third-order valence-electron chi connectivity index (χ3n) is 5.76. The number of carbonyl (C=O) groups excluding carboxylic acids is 1. The van der Waals surface area contributed by atoms with Gasteiger partial charge in [-0.3, -0.25) is 4.79 Å². The van der Waals surface area contributed by atoms with Crippen molar-refractivity contribution in [3.8, 4) is 11.5 Å². The summed E-state index contributed by atoms with van der Waals surface area (Å²) in [4.78, 5) is 12.5. The summed E-state index contributed by atoms with van der Waals surface area (Å²) in [6.45, 7) is 2.74. The molecule has 2 heterocycles. The lowest BCUT2D eigenvalue weighted by molar-refractivity contribution is -0.125. The van der Waals surface area contributed by atoms with E-state index in [0.29, 0.717) is 37.7 Å². The number of nitrogens with one attached hydrogen (secondary N) is 1. The van der Waals surface area contributed by atoms with E-state index in [2.05, 4.69) is 11.4 Å². The Morgan fingerprint density at radius 1 is 1.15 bits per heavy atom. The zero-order chi connectivity index (χ0) is 19.1. The van der Waals surface area contributed by atoms with Gasteiger partial charge in [0.1, 0.15) is 0 Å². The zero-order valence-corrected chi connectivity index (χ0v) is 16.4. The predicted octanol–water partition coefficient (Wildman–Crippen LogP) is 2.83. The Morgan fingerprint density at radius 2 is 1.93 bits per heavy atom. The highest BCUT2D eigenvalue weighted by Crippen LogP contribution is 2.38. The van der Waals surface area contributed by atoms with Crippen LogP contribution in [0.25, 0.3) is 0 Å². The van der Waals surface area contributed by atoms with Crippen LogP contribution in [0.2, 0.25) is 0 Å². The van der Waals surface area contributed by atoms with Gasteiger partial charge in [-0.2, -0.15) is 0 Å². The van der Waals surface area contributed by atoms with Crippen LogP contribution in [0.1, 0.15) is 44.1 Å². The van der Waals surface area contributed by atoms with Crippen molar-refractivity contribution >= 4 is 5.91 Å². The minimum absolute atomic E-state index is 0.0606. The molecule has 6 heteroatoms. The predicted molar refractivity (Wildman–Crippen MR) is 102 cm³/mol. The summed E-state index contributed by atoms with van der Waals surface area (Å²) in [6.07, 6.45) is 5.45. The van der Waals surface area contributed by atoms with Crippen LogP contribution in [0, 0.1) is 0 Å². The van der Waals surface area contributed by atoms with Crippen LogP contribution in [-0.2, 0) is 19.7 Å². The Balaban J connectivity index is 1.70. The fourth-order valence-corrected chi connectivity index (χ4v) is 4.01. The lowest BCUT2D eigenvalue weighted by Crippen LogP contribution is -2.45. The van der Waals surface area contributed by atoms with Crippen molar-refractivity contribution in [3.05, 3.63) is 23.8 Å². The number of carbonyl (C=O) groups is 1. The van der Waals surface area contributed by atoms with E-state index in [4.69, 9.17) is 18.9 Å². The van der Waals surface area contributed by atoms with Crippen LogP contribution >= 0.6 is 0 Å². The second kappa shape index (κ2) is 9.42. The van der Waals surface area contributed by atoms with E-state index in [1.807, 2.05) is 12.1 Å². The third-order valence-corrected chi connectivity index (χ3v) is 5.76. The van der Waals surface area contributed by atoms with Crippen LogP contribution in [-0.4, -0.2) is 52.6 Å². The molecular formula is C21H31NO5. The molecule has 1 atom stereocenters. The topological polar surface area (TPSA) is 66.0 Å². The molecule has 150 valence electrons. The van der Waals surface area contributed by atoms with E-state index < -0.39 is 0 Å². The number of hydrogen-bond acceptors (Lipinski definition) is 5. The van der Waals surface area contributed by atoms with Crippen LogP contribution in [0.15, 0.2) is 18.2 Å². The monoisotopic (exact) mass is 377 g/mol. The minimum atomic E-state index is -0.152. The summed E-state index contributed by atoms with van der Waals surface area (Å²) in [6, 6.07) is 6.03. The van der Waals surface area contributed by atoms with Crippen LogP contribution < -0.4 is 14.8 Å². The standard InChI is InChI=1S/C21H31NO5/c1-24-18-7-6-16(13-19(18)25-2)21(8-11-26-12-9-21)15-22-20(23)14-17-5-3-4-10-27-17/h6-7,13,17H,3-5,8-12,14-15H2,1-2H3,(H,22,23). The third kappa shape index (κ3) is 4.93. The van der Waals surface area contributed by atoms with E-state index in [-0.39, 0.29) is 17.4 Å². The molecule has 1 unspecified atom stereocenters. The molecule has 2 aliphatic heterocycles. The maximum Gasteiger partial charge on any atom is 0.222 e. The molecule has 1 N–H and O–H groups in total. The van der Waals surface area contributed by atoms with Gasteiger partial charge in [0.15, 0.2) is 11.5 Å². The van der Waals surface area contributed by atoms with Crippen molar-refractivity contribution in [1.82, 2.24) is 5.32 Å². The summed E-state index contributed by atoms with van der Waals surface area (Å²) >= 11 is 0. The van der Waals surface area contributed by atoms with Gasteiger partial charge in [0.2, 0.25) is 5.91 Å². The van der Waals surface area contributed by atoms with Crippen LogP contribution in [0.3, 0.4) is 0 Å². The van der Waals surface area contributed by atoms with E-state index in [0.717, 1.165) is 44.3 Å². The Kier molecular flexibility index (Phi) is 6.96.